The van der Waals surface area contributed by atoms with Crippen LogP contribution in [0.1, 0.15) is 30.3 Å². The first kappa shape index (κ1) is 13.4. The van der Waals surface area contributed by atoms with Crippen LogP contribution in [-0.2, 0) is 11.2 Å². The standard InChI is InChI=1S/C10H15N3OS.ClH/c1-3-7-6(2)15-9(12-7)13-8(14)10(11)4-5-10;/h3-5,11H2,1-2H3,(H,12,13,14);1H. The molecule has 2 rings (SSSR count). The summed E-state index contributed by atoms with van der Waals surface area (Å²) in [5, 5.41) is 3.46. The molecule has 1 aliphatic rings. The molecule has 0 atom stereocenters. The van der Waals surface area contributed by atoms with E-state index in [-0.39, 0.29) is 18.3 Å². The molecule has 1 amide bonds. The third kappa shape index (κ3) is 2.53. The van der Waals surface area contributed by atoms with E-state index in [1.165, 1.54) is 11.3 Å². The molecule has 0 unspecified atom stereocenters. The van der Waals surface area contributed by atoms with E-state index in [1.807, 2.05) is 6.92 Å². The van der Waals surface area contributed by atoms with Gasteiger partial charge in [0.15, 0.2) is 5.13 Å². The van der Waals surface area contributed by atoms with Crippen molar-refractivity contribution in [3.05, 3.63) is 10.6 Å². The number of nitrogens with two attached hydrogens (primary N) is 1. The van der Waals surface area contributed by atoms with E-state index in [2.05, 4.69) is 17.2 Å². The minimum absolute atomic E-state index is 0. The van der Waals surface area contributed by atoms with Crippen molar-refractivity contribution in [2.45, 2.75) is 38.6 Å². The Balaban J connectivity index is 0.00000128. The number of nitrogens with one attached hydrogen (secondary N) is 1. The van der Waals surface area contributed by atoms with Gasteiger partial charge in [0.2, 0.25) is 5.91 Å². The van der Waals surface area contributed by atoms with E-state index in [9.17, 15) is 4.79 Å². The van der Waals surface area contributed by atoms with Crippen molar-refractivity contribution in [1.82, 2.24) is 4.98 Å². The fourth-order valence-electron chi connectivity index (χ4n) is 1.39. The van der Waals surface area contributed by atoms with Crippen molar-refractivity contribution in [2.75, 3.05) is 5.32 Å². The second-order valence-electron chi connectivity index (χ2n) is 3.99. The minimum Gasteiger partial charge on any atom is -0.317 e. The number of carbonyl (C=O) groups is 1. The third-order valence-electron chi connectivity index (χ3n) is 2.69. The Morgan fingerprint density at radius 3 is 2.69 bits per heavy atom. The molecule has 0 aromatic carbocycles. The Morgan fingerprint density at radius 2 is 2.25 bits per heavy atom. The fraction of sp³-hybridized carbons (Fsp3) is 0.600. The molecule has 1 aromatic rings. The third-order valence-corrected chi connectivity index (χ3v) is 3.62. The average molecular weight is 262 g/mol. The van der Waals surface area contributed by atoms with Crippen molar-refractivity contribution in [2.24, 2.45) is 5.73 Å². The first-order valence-corrected chi connectivity index (χ1v) is 5.93. The molecule has 1 saturated carbocycles. The van der Waals surface area contributed by atoms with Crippen LogP contribution in [0, 0.1) is 6.92 Å². The summed E-state index contributed by atoms with van der Waals surface area (Å²) in [5.41, 5.74) is 6.21. The highest BCUT2D eigenvalue weighted by molar-refractivity contribution is 7.15. The van der Waals surface area contributed by atoms with Crippen molar-refractivity contribution in [3.63, 3.8) is 0 Å². The lowest BCUT2D eigenvalue weighted by atomic mass is 10.3. The lowest BCUT2D eigenvalue weighted by Gasteiger charge is -2.06. The van der Waals surface area contributed by atoms with Crippen molar-refractivity contribution in [3.8, 4) is 0 Å². The van der Waals surface area contributed by atoms with Crippen LogP contribution >= 0.6 is 23.7 Å². The molecule has 1 aromatic heterocycles. The number of carbonyl (C=O) groups excluding carboxylic acids is 1. The van der Waals surface area contributed by atoms with Crippen molar-refractivity contribution < 1.29 is 4.79 Å². The topological polar surface area (TPSA) is 68.0 Å². The lowest BCUT2D eigenvalue weighted by Crippen LogP contribution is -2.37. The van der Waals surface area contributed by atoms with E-state index < -0.39 is 5.54 Å². The van der Waals surface area contributed by atoms with Gasteiger partial charge in [0.1, 0.15) is 0 Å². The summed E-state index contributed by atoms with van der Waals surface area (Å²) in [5.74, 6) is -0.0982. The van der Waals surface area contributed by atoms with Crippen LogP contribution in [0.2, 0.25) is 0 Å². The van der Waals surface area contributed by atoms with Crippen LogP contribution < -0.4 is 11.1 Å². The molecule has 6 heteroatoms. The Morgan fingerprint density at radius 1 is 1.62 bits per heavy atom. The number of halogens is 1. The number of aryl methyl sites for hydroxylation is 2. The Bertz CT molecular complexity index is 401. The summed E-state index contributed by atoms with van der Waals surface area (Å²) in [6.07, 6.45) is 2.46. The highest BCUT2D eigenvalue weighted by atomic mass is 35.5. The van der Waals surface area contributed by atoms with Gasteiger partial charge in [-0.05, 0) is 26.2 Å². The van der Waals surface area contributed by atoms with Gasteiger partial charge in [-0.3, -0.25) is 4.79 Å². The molecule has 1 fully saturated rings. The van der Waals surface area contributed by atoms with Gasteiger partial charge in [-0.15, -0.1) is 23.7 Å². The molecule has 0 radical (unpaired) electrons. The Hall–Kier alpha value is -0.650. The summed E-state index contributed by atoms with van der Waals surface area (Å²) in [4.78, 5) is 17.1. The number of hydrogen-bond donors (Lipinski definition) is 2. The molecule has 1 aliphatic carbocycles. The number of rotatable bonds is 3. The number of anilines is 1. The van der Waals surface area contributed by atoms with E-state index in [4.69, 9.17) is 5.73 Å². The molecule has 0 spiro atoms. The predicted octanol–water partition coefficient (Wildman–Crippen LogP) is 1.87. The molecule has 3 N–H and O–H groups in total. The number of hydrogen-bond acceptors (Lipinski definition) is 4. The zero-order chi connectivity index (χ0) is 11.1. The molecule has 90 valence electrons. The summed E-state index contributed by atoms with van der Waals surface area (Å²) in [6.45, 7) is 4.07. The maximum atomic E-state index is 11.6. The molecule has 16 heavy (non-hydrogen) atoms. The van der Waals surface area contributed by atoms with Crippen LogP contribution in [0.5, 0.6) is 0 Å². The van der Waals surface area contributed by atoms with Gasteiger partial charge < -0.3 is 11.1 Å². The average Bonchev–Trinajstić information content (AvgIpc) is 2.84. The van der Waals surface area contributed by atoms with Gasteiger partial charge in [-0.2, -0.15) is 0 Å². The highest BCUT2D eigenvalue weighted by Crippen LogP contribution is 2.34. The van der Waals surface area contributed by atoms with E-state index >= 15 is 0 Å². The van der Waals surface area contributed by atoms with Crippen LogP contribution in [0.15, 0.2) is 0 Å². The molecule has 0 saturated heterocycles. The number of amides is 1. The summed E-state index contributed by atoms with van der Waals surface area (Å²) < 4.78 is 0. The maximum absolute atomic E-state index is 11.6. The van der Waals surface area contributed by atoms with Crippen LogP contribution in [0.25, 0.3) is 0 Å². The molecule has 0 aliphatic heterocycles. The second kappa shape index (κ2) is 4.69. The zero-order valence-corrected chi connectivity index (χ0v) is 11.0. The smallest absolute Gasteiger partial charge is 0.246 e. The lowest BCUT2D eigenvalue weighted by molar-refractivity contribution is -0.118. The van der Waals surface area contributed by atoms with Gasteiger partial charge in [0.05, 0.1) is 11.2 Å². The first-order valence-electron chi connectivity index (χ1n) is 5.12. The van der Waals surface area contributed by atoms with Gasteiger partial charge in [-0.1, -0.05) is 6.92 Å². The quantitative estimate of drug-likeness (QED) is 0.873. The van der Waals surface area contributed by atoms with Crippen molar-refractivity contribution >= 4 is 34.8 Å². The van der Waals surface area contributed by atoms with Gasteiger partial charge in [0, 0.05) is 4.88 Å². The zero-order valence-electron chi connectivity index (χ0n) is 9.37. The van der Waals surface area contributed by atoms with Crippen LogP contribution in [0.4, 0.5) is 5.13 Å². The normalized spacial score (nSPS) is 16.4. The number of aromatic nitrogens is 1. The van der Waals surface area contributed by atoms with E-state index in [1.54, 1.807) is 0 Å². The second-order valence-corrected chi connectivity index (χ2v) is 5.19. The summed E-state index contributed by atoms with van der Waals surface area (Å²) in [6, 6.07) is 0. The SMILES string of the molecule is CCc1nc(NC(=O)C2(N)CC2)sc1C.Cl. The summed E-state index contributed by atoms with van der Waals surface area (Å²) >= 11 is 1.51. The van der Waals surface area contributed by atoms with Crippen LogP contribution in [0.3, 0.4) is 0 Å². The molecular formula is C10H16ClN3OS. The summed E-state index contributed by atoms with van der Waals surface area (Å²) in [7, 11) is 0. The number of nitrogens with zero attached hydrogens (tertiary/aromatic N) is 1. The Labute approximate surface area is 105 Å². The molecular weight excluding hydrogens is 246 g/mol. The Kier molecular flexibility index (Phi) is 3.93. The predicted molar refractivity (Wildman–Crippen MR) is 68.3 cm³/mol. The monoisotopic (exact) mass is 261 g/mol. The molecule has 1 heterocycles. The van der Waals surface area contributed by atoms with Gasteiger partial charge in [0.25, 0.3) is 0 Å². The van der Waals surface area contributed by atoms with Gasteiger partial charge >= 0.3 is 0 Å². The fourth-order valence-corrected chi connectivity index (χ4v) is 2.29. The highest BCUT2D eigenvalue weighted by Gasteiger charge is 2.46. The first-order chi connectivity index (χ1) is 7.05. The van der Waals surface area contributed by atoms with Crippen LogP contribution in [-0.4, -0.2) is 16.4 Å². The molecule has 0 bridgehead atoms. The number of thiazole rings is 1. The van der Waals surface area contributed by atoms with Gasteiger partial charge in [-0.25, -0.2) is 4.98 Å². The van der Waals surface area contributed by atoms with E-state index in [0.717, 1.165) is 29.8 Å². The maximum Gasteiger partial charge on any atom is 0.246 e. The van der Waals surface area contributed by atoms with E-state index in [0.29, 0.717) is 5.13 Å². The minimum atomic E-state index is -0.619. The largest absolute Gasteiger partial charge is 0.317 e. The van der Waals surface area contributed by atoms with Crippen molar-refractivity contribution in [1.29, 1.82) is 0 Å². The molecule has 4 nitrogen and oxygen atoms in total.